The van der Waals surface area contributed by atoms with Crippen molar-refractivity contribution in [2.45, 2.75) is 39.5 Å². The number of carboxylic acids is 1. The fraction of sp³-hybridized carbons (Fsp3) is 0.400. The molecular formula is C15H19N5O4. The van der Waals surface area contributed by atoms with Gasteiger partial charge in [0.2, 0.25) is 5.88 Å². The Balaban J connectivity index is 1.93. The van der Waals surface area contributed by atoms with Gasteiger partial charge in [-0.2, -0.15) is 0 Å². The molecule has 0 fully saturated rings. The van der Waals surface area contributed by atoms with Crippen LogP contribution in [0.2, 0.25) is 0 Å². The van der Waals surface area contributed by atoms with E-state index in [1.807, 2.05) is 13.8 Å². The average Bonchev–Trinajstić information content (AvgIpc) is 2.99. The van der Waals surface area contributed by atoms with Crippen molar-refractivity contribution in [2.75, 3.05) is 0 Å². The molecule has 24 heavy (non-hydrogen) atoms. The molecule has 2 rings (SSSR count). The molecular weight excluding hydrogens is 314 g/mol. The molecule has 2 heterocycles. The van der Waals surface area contributed by atoms with Gasteiger partial charge in [-0.1, -0.05) is 12.1 Å². The second-order valence-electron chi connectivity index (χ2n) is 5.20. The van der Waals surface area contributed by atoms with E-state index in [1.165, 1.54) is 17.1 Å². The fourth-order valence-corrected chi connectivity index (χ4v) is 1.81. The normalized spacial score (nSPS) is 11.8. The summed E-state index contributed by atoms with van der Waals surface area (Å²) in [6, 6.07) is 3.16. The molecule has 9 heteroatoms. The zero-order valence-electron chi connectivity index (χ0n) is 13.5. The van der Waals surface area contributed by atoms with Crippen molar-refractivity contribution < 1.29 is 19.4 Å². The van der Waals surface area contributed by atoms with Crippen LogP contribution in [0.5, 0.6) is 5.88 Å². The summed E-state index contributed by atoms with van der Waals surface area (Å²) in [4.78, 5) is 26.8. The van der Waals surface area contributed by atoms with Gasteiger partial charge in [0.05, 0.1) is 18.8 Å². The second kappa shape index (κ2) is 8.04. The van der Waals surface area contributed by atoms with Gasteiger partial charge in [0.1, 0.15) is 12.2 Å². The van der Waals surface area contributed by atoms with Crippen molar-refractivity contribution in [1.29, 1.82) is 0 Å². The van der Waals surface area contributed by atoms with Crippen molar-refractivity contribution in [2.24, 2.45) is 0 Å². The molecule has 1 amide bonds. The van der Waals surface area contributed by atoms with Gasteiger partial charge in [-0.25, -0.2) is 9.67 Å². The number of rotatable bonds is 8. The maximum Gasteiger partial charge on any atom is 0.325 e. The van der Waals surface area contributed by atoms with E-state index in [2.05, 4.69) is 20.6 Å². The Kier molecular flexibility index (Phi) is 5.83. The van der Waals surface area contributed by atoms with E-state index in [-0.39, 0.29) is 25.1 Å². The molecule has 0 spiro atoms. The van der Waals surface area contributed by atoms with Crippen molar-refractivity contribution in [3.05, 3.63) is 35.8 Å². The number of amides is 1. The summed E-state index contributed by atoms with van der Waals surface area (Å²) >= 11 is 0. The van der Waals surface area contributed by atoms with E-state index in [0.717, 1.165) is 6.42 Å². The third-order valence-electron chi connectivity index (χ3n) is 3.21. The van der Waals surface area contributed by atoms with Crippen molar-refractivity contribution in [3.63, 3.8) is 0 Å². The van der Waals surface area contributed by atoms with Crippen molar-refractivity contribution in [1.82, 2.24) is 25.3 Å². The minimum absolute atomic E-state index is 0.0140. The van der Waals surface area contributed by atoms with Crippen molar-refractivity contribution >= 4 is 11.9 Å². The molecule has 0 aliphatic heterocycles. The number of nitrogens with one attached hydrogen (secondary N) is 1. The molecule has 2 aromatic heterocycles. The SMILES string of the molecule is CCC(C)Oc1cc(C(=O)NCc2cn(CC(=O)O)nn2)ccn1. The average molecular weight is 333 g/mol. The number of aromatic nitrogens is 4. The number of carboxylic acid groups (broad SMARTS) is 1. The molecule has 0 saturated heterocycles. The van der Waals surface area contributed by atoms with E-state index >= 15 is 0 Å². The maximum absolute atomic E-state index is 12.2. The Labute approximate surface area is 138 Å². The number of pyridine rings is 1. The predicted molar refractivity (Wildman–Crippen MR) is 83.4 cm³/mol. The van der Waals surface area contributed by atoms with Gasteiger partial charge >= 0.3 is 5.97 Å². The lowest BCUT2D eigenvalue weighted by molar-refractivity contribution is -0.137. The number of carbonyl (C=O) groups excluding carboxylic acids is 1. The molecule has 128 valence electrons. The summed E-state index contributed by atoms with van der Waals surface area (Å²) in [6.45, 7) is 3.79. The molecule has 0 aliphatic rings. The highest BCUT2D eigenvalue weighted by Crippen LogP contribution is 2.12. The van der Waals surface area contributed by atoms with Gasteiger partial charge in [0.25, 0.3) is 5.91 Å². The van der Waals surface area contributed by atoms with Crippen LogP contribution in [0.15, 0.2) is 24.5 Å². The van der Waals surface area contributed by atoms with Crippen LogP contribution in [0, 0.1) is 0 Å². The Morgan fingerprint density at radius 3 is 2.96 bits per heavy atom. The third kappa shape index (κ3) is 5.04. The van der Waals surface area contributed by atoms with Crippen LogP contribution in [0.1, 0.15) is 36.3 Å². The molecule has 0 aliphatic carbocycles. The van der Waals surface area contributed by atoms with Crippen molar-refractivity contribution in [3.8, 4) is 5.88 Å². The Hall–Kier alpha value is -2.97. The van der Waals surface area contributed by atoms with Gasteiger partial charge in [-0.05, 0) is 19.4 Å². The molecule has 0 aromatic carbocycles. The predicted octanol–water partition coefficient (Wildman–Crippen LogP) is 0.865. The van der Waals surface area contributed by atoms with E-state index in [4.69, 9.17) is 9.84 Å². The lowest BCUT2D eigenvalue weighted by atomic mass is 10.2. The fourth-order valence-electron chi connectivity index (χ4n) is 1.81. The van der Waals surface area contributed by atoms with Crippen LogP contribution in [-0.2, 0) is 17.9 Å². The van der Waals surface area contributed by atoms with Gasteiger partial charge in [0.15, 0.2) is 0 Å². The Bertz CT molecular complexity index is 715. The number of nitrogens with zero attached hydrogens (tertiary/aromatic N) is 4. The topological polar surface area (TPSA) is 119 Å². The molecule has 1 atom stereocenters. The summed E-state index contributed by atoms with van der Waals surface area (Å²) in [5, 5.41) is 18.8. The standard InChI is InChI=1S/C15H19N5O4/c1-3-10(2)24-13-6-11(4-5-16-13)15(23)17-7-12-8-20(19-18-12)9-14(21)22/h4-6,8,10H,3,7,9H2,1-2H3,(H,17,23)(H,21,22). The van der Waals surface area contributed by atoms with Gasteiger partial charge in [-0.15, -0.1) is 5.10 Å². The summed E-state index contributed by atoms with van der Waals surface area (Å²) in [5.74, 6) is -0.926. The largest absolute Gasteiger partial charge is 0.480 e. The Morgan fingerprint density at radius 2 is 2.25 bits per heavy atom. The van der Waals surface area contributed by atoms with Crippen LogP contribution in [-0.4, -0.2) is 43.1 Å². The van der Waals surface area contributed by atoms with E-state index < -0.39 is 5.97 Å². The maximum atomic E-state index is 12.2. The molecule has 0 bridgehead atoms. The highest BCUT2D eigenvalue weighted by Gasteiger charge is 2.10. The Morgan fingerprint density at radius 1 is 1.46 bits per heavy atom. The summed E-state index contributed by atoms with van der Waals surface area (Å²) in [7, 11) is 0. The number of hydrogen-bond acceptors (Lipinski definition) is 6. The lowest BCUT2D eigenvalue weighted by Crippen LogP contribution is -2.23. The highest BCUT2D eigenvalue weighted by atomic mass is 16.5. The number of aliphatic carboxylic acids is 1. The number of ether oxygens (including phenoxy) is 1. The van der Waals surface area contributed by atoms with E-state index in [1.54, 1.807) is 12.1 Å². The van der Waals surface area contributed by atoms with Crippen LogP contribution < -0.4 is 10.1 Å². The molecule has 9 nitrogen and oxygen atoms in total. The van der Waals surface area contributed by atoms with E-state index in [9.17, 15) is 9.59 Å². The first kappa shape index (κ1) is 17.4. The van der Waals surface area contributed by atoms with Crippen LogP contribution in [0.25, 0.3) is 0 Å². The number of hydrogen-bond donors (Lipinski definition) is 2. The van der Waals surface area contributed by atoms with Crippen LogP contribution >= 0.6 is 0 Å². The quantitative estimate of drug-likeness (QED) is 0.735. The molecule has 0 radical (unpaired) electrons. The third-order valence-corrected chi connectivity index (χ3v) is 3.21. The monoisotopic (exact) mass is 333 g/mol. The minimum Gasteiger partial charge on any atom is -0.480 e. The summed E-state index contributed by atoms with van der Waals surface area (Å²) in [6.07, 6.45) is 3.83. The smallest absolute Gasteiger partial charge is 0.325 e. The van der Waals surface area contributed by atoms with Crippen LogP contribution in [0.3, 0.4) is 0 Å². The first-order chi connectivity index (χ1) is 11.5. The van der Waals surface area contributed by atoms with Crippen LogP contribution in [0.4, 0.5) is 0 Å². The zero-order chi connectivity index (χ0) is 17.5. The lowest BCUT2D eigenvalue weighted by Gasteiger charge is -2.12. The number of carbonyl (C=O) groups is 2. The zero-order valence-corrected chi connectivity index (χ0v) is 13.5. The summed E-state index contributed by atoms with van der Waals surface area (Å²) < 4.78 is 6.77. The second-order valence-corrected chi connectivity index (χ2v) is 5.20. The van der Waals surface area contributed by atoms with Gasteiger partial charge < -0.3 is 15.2 Å². The first-order valence-corrected chi connectivity index (χ1v) is 7.49. The van der Waals surface area contributed by atoms with E-state index in [0.29, 0.717) is 17.1 Å². The molecule has 2 N–H and O–H groups in total. The molecule has 2 aromatic rings. The highest BCUT2D eigenvalue weighted by molar-refractivity contribution is 5.94. The van der Waals surface area contributed by atoms with Gasteiger partial charge in [0, 0.05) is 17.8 Å². The van der Waals surface area contributed by atoms with Gasteiger partial charge in [-0.3, -0.25) is 9.59 Å². The molecule has 1 unspecified atom stereocenters. The molecule has 0 saturated carbocycles. The first-order valence-electron chi connectivity index (χ1n) is 7.49. The minimum atomic E-state index is -1.01. The summed E-state index contributed by atoms with van der Waals surface area (Å²) in [5.41, 5.74) is 0.885.